The summed E-state index contributed by atoms with van der Waals surface area (Å²) in [6, 6.07) is 15.9. The van der Waals surface area contributed by atoms with Gasteiger partial charge in [0.25, 0.3) is 0 Å². The Morgan fingerprint density at radius 1 is 0.286 bits per heavy atom. The van der Waals surface area contributed by atoms with Crippen LogP contribution in [0, 0.1) is 6.92 Å². The minimum atomic E-state index is -0.193. The van der Waals surface area contributed by atoms with Gasteiger partial charge >= 0.3 is 0 Å². The van der Waals surface area contributed by atoms with E-state index in [2.05, 4.69) is 318 Å². The molecule has 0 bridgehead atoms. The molecule has 2 aliphatic carbocycles. The first-order valence-electron chi connectivity index (χ1n) is 28.0. The van der Waals surface area contributed by atoms with Crippen LogP contribution in [0.1, 0.15) is 27.8 Å². The second-order valence-electron chi connectivity index (χ2n) is 34.3. The van der Waals surface area contributed by atoms with Crippen LogP contribution in [0.15, 0.2) is 36.4 Å². The summed E-state index contributed by atoms with van der Waals surface area (Å²) in [5, 5.41) is -0.800. The van der Waals surface area contributed by atoms with Crippen molar-refractivity contribution in [3.05, 3.63) is 64.2 Å². The van der Waals surface area contributed by atoms with Crippen LogP contribution in [0.5, 0.6) is 0 Å². The van der Waals surface area contributed by atoms with Crippen molar-refractivity contribution in [3.8, 4) is 22.3 Å². The summed E-state index contributed by atoms with van der Waals surface area (Å²) in [6.45, 7) is 2.41. The zero-order chi connectivity index (χ0) is 55.2. The molecule has 0 unspecified atom stereocenters. The summed E-state index contributed by atoms with van der Waals surface area (Å²) in [4.78, 5) is 0. The average Bonchev–Trinajstić information content (AvgIpc) is 3.07. The van der Waals surface area contributed by atoms with E-state index in [9.17, 15) is 0 Å². The zero-order valence-electron chi connectivity index (χ0n) is 53.5. The predicted octanol–water partition coefficient (Wildman–Crippen LogP) is -27.6. The lowest BCUT2D eigenvalue weighted by Gasteiger charge is -2.81. The molecular weight excluding hydrogens is 799 g/mol. The summed E-state index contributed by atoms with van der Waals surface area (Å²) in [7, 11) is 89.7. The highest BCUT2D eigenvalue weighted by atomic mass is 14.7. The third-order valence-corrected chi connectivity index (χ3v) is 22.7. The van der Waals surface area contributed by atoms with Gasteiger partial charge in [-0.2, -0.15) is 0 Å². The van der Waals surface area contributed by atoms with Crippen molar-refractivity contribution in [3.63, 3.8) is 0 Å². The molecule has 324 valence electrons. The fourth-order valence-electron chi connectivity index (χ4n) is 23.3. The normalized spacial score (nSPS) is 21.3. The largest absolute Gasteiger partial charge is 0.140 e. The van der Waals surface area contributed by atoms with Crippen molar-refractivity contribution in [2.24, 2.45) is 0 Å². The standard InChI is InChI=1S/C35H79B35/c1-8-17(36)15(9-2-4-11-13(6-9)22(32(59,60)61,33(62,63)64)26(43,44)24(39,40)20(11,28(47,48)49)29(50,51)52)19(38)16(18(8)37)10-3-5-12-14(7-10)23(34(65,66)67,35(68,69)70)27(45,46)25(41,42)21(12,30(53,54)55)31(56,57)58/h2-7H,36-70H2,1H3. The molecule has 0 spiro atoms. The minimum absolute atomic E-state index is 0.0349. The molecule has 0 saturated heterocycles. The van der Waals surface area contributed by atoms with Crippen molar-refractivity contribution in [2.45, 2.75) is 90.3 Å². The number of rotatable bonds is 10. The lowest BCUT2D eigenvalue weighted by Crippen LogP contribution is -2.74. The van der Waals surface area contributed by atoms with E-state index >= 15 is 0 Å². The molecule has 0 fully saturated rings. The van der Waals surface area contributed by atoms with Gasteiger partial charge in [-0.05, 0) is 73.1 Å². The Kier molecular flexibility index (Phi) is 14.5. The molecule has 0 amide bonds. The van der Waals surface area contributed by atoms with Crippen LogP contribution in [0.2, 0.25) is 61.8 Å². The molecule has 0 aromatic heterocycles. The van der Waals surface area contributed by atoms with Gasteiger partial charge in [-0.25, -0.2) is 0 Å². The van der Waals surface area contributed by atoms with Crippen LogP contribution in [-0.2, 0) is 21.7 Å². The van der Waals surface area contributed by atoms with E-state index in [1.807, 2.05) is 0 Å². The van der Waals surface area contributed by atoms with Gasteiger partial charge < -0.3 is 0 Å². The molecule has 5 rings (SSSR count). The summed E-state index contributed by atoms with van der Waals surface area (Å²) in [5.41, 5.74) is 16.7. The van der Waals surface area contributed by atoms with Crippen LogP contribution in [-0.4, -0.2) is 275 Å². The van der Waals surface area contributed by atoms with Gasteiger partial charge in [0, 0.05) is 0 Å². The molecule has 2 aliphatic rings. The van der Waals surface area contributed by atoms with Crippen LogP contribution < -0.4 is 16.4 Å². The highest BCUT2D eigenvalue weighted by Gasteiger charge is 2.76. The van der Waals surface area contributed by atoms with E-state index in [1.165, 1.54) is 44.2 Å². The number of benzene rings is 3. The first-order valence-corrected chi connectivity index (χ1v) is 28.0. The maximum Gasteiger partial charge on any atom is 0.140 e. The Morgan fingerprint density at radius 2 is 0.471 bits per heavy atom. The molecular formula is C35H79B35. The van der Waals surface area contributed by atoms with Crippen LogP contribution >= 0.6 is 0 Å². The quantitative estimate of drug-likeness (QED) is 0.178. The number of hydrogen-bond donors (Lipinski definition) is 0. The lowest BCUT2D eigenvalue weighted by atomic mass is 8.99. The Morgan fingerprint density at radius 3 is 0.657 bits per heavy atom. The first kappa shape index (κ1) is 60.8. The lowest BCUT2D eigenvalue weighted by molar-refractivity contribution is 0.212. The molecule has 3 aromatic rings. The van der Waals surface area contributed by atoms with Crippen molar-refractivity contribution < 1.29 is 0 Å². The Bertz CT molecular complexity index is 2360. The smallest absolute Gasteiger partial charge is 0.104 e. The zero-order valence-corrected chi connectivity index (χ0v) is 53.5. The highest BCUT2D eigenvalue weighted by Crippen LogP contribution is 2.84. The molecule has 0 N–H and O–H groups in total. The Hall–Kier alpha value is -0.0673. The van der Waals surface area contributed by atoms with E-state index in [0.717, 1.165) is 0 Å². The van der Waals surface area contributed by atoms with E-state index in [0.29, 0.717) is 0 Å². The van der Waals surface area contributed by atoms with Gasteiger partial charge in [-0.15, -0.1) is 40.9 Å². The number of hydrogen-bond acceptors (Lipinski definition) is 0. The third-order valence-electron chi connectivity index (χ3n) is 22.7. The van der Waals surface area contributed by atoms with Gasteiger partial charge in [0.2, 0.25) is 0 Å². The molecule has 0 atom stereocenters. The highest BCUT2D eigenvalue weighted by molar-refractivity contribution is 6.74. The van der Waals surface area contributed by atoms with Gasteiger partial charge in [-0.3, -0.25) is 0 Å². The van der Waals surface area contributed by atoms with Crippen LogP contribution in [0.4, 0.5) is 0 Å². The Labute approximate surface area is 464 Å². The van der Waals surface area contributed by atoms with Gasteiger partial charge in [-0.1, -0.05) is 79.2 Å². The molecule has 35 heteroatoms. The fraction of sp³-hybridized carbons (Fsp3) is 0.486. The molecule has 0 aliphatic heterocycles. The van der Waals surface area contributed by atoms with Crippen LogP contribution in [0.25, 0.3) is 22.3 Å². The van der Waals surface area contributed by atoms with E-state index in [-0.39, 0.29) is 83.4 Å². The second kappa shape index (κ2) is 16.7. The molecule has 0 saturated carbocycles. The first-order chi connectivity index (χ1) is 30.6. The number of fused-ring (bicyclic) bond motifs is 2. The maximum atomic E-state index is 2.76. The minimum Gasteiger partial charge on any atom is -0.104 e. The van der Waals surface area contributed by atoms with Crippen molar-refractivity contribution in [1.82, 2.24) is 0 Å². The topological polar surface area (TPSA) is 0 Å². The van der Waals surface area contributed by atoms with E-state index < -0.39 is 0 Å². The van der Waals surface area contributed by atoms with E-state index in [4.69, 9.17) is 0 Å². The monoisotopic (exact) mass is 885 g/mol. The predicted molar refractivity (Wildman–Crippen MR) is 419 cm³/mol. The summed E-state index contributed by atoms with van der Waals surface area (Å²) >= 11 is 0. The summed E-state index contributed by atoms with van der Waals surface area (Å²) in [5.74, 6) is 0. The van der Waals surface area contributed by atoms with Crippen molar-refractivity contribution in [1.29, 1.82) is 0 Å². The molecule has 0 radical (unpaired) electrons. The van der Waals surface area contributed by atoms with E-state index in [1.54, 1.807) is 22.3 Å². The average molecular weight is 878 g/mol. The fourth-order valence-corrected chi connectivity index (χ4v) is 23.3. The van der Waals surface area contributed by atoms with Crippen molar-refractivity contribution in [2.75, 3.05) is 0 Å². The molecule has 0 nitrogen and oxygen atoms in total. The third kappa shape index (κ3) is 7.04. The molecule has 3 aromatic carbocycles. The second-order valence-corrected chi connectivity index (χ2v) is 34.3. The van der Waals surface area contributed by atoms with Gasteiger partial charge in [0.15, 0.2) is 0 Å². The molecule has 70 heavy (non-hydrogen) atoms. The summed E-state index contributed by atoms with van der Waals surface area (Å²) in [6.07, 6.45) is 0. The Balaban J connectivity index is 2.11. The SMILES string of the molecule is Bc1c(C)c(B)c(-c2ccc3c(c2)C(C(B)(B)B)(C(B)(B)B)C(B)(B)C(B)(B)C3(C(B)(B)B)C(B)(B)B)c(B)c1-c1ccc2c(c1)C(C(B)(B)B)(C(B)(B)B)C(B)(B)C(B)(B)C2(C(B)(B)B)C(B)(B)B. The maximum absolute atomic E-state index is 2.76. The van der Waals surface area contributed by atoms with Crippen molar-refractivity contribution >= 4 is 291 Å². The molecule has 0 heterocycles. The summed E-state index contributed by atoms with van der Waals surface area (Å²) < 4.78 is 0. The van der Waals surface area contributed by atoms with Crippen LogP contribution in [0.3, 0.4) is 0 Å². The van der Waals surface area contributed by atoms with Gasteiger partial charge in [0.05, 0.1) is 251 Å². The van der Waals surface area contributed by atoms with Gasteiger partial charge in [0.1, 0.15) is 23.5 Å².